The zero-order chi connectivity index (χ0) is 18.4. The lowest BCUT2D eigenvalue weighted by molar-refractivity contribution is -0.133. The van der Waals surface area contributed by atoms with Crippen molar-refractivity contribution in [3.05, 3.63) is 64.7 Å². The highest BCUT2D eigenvalue weighted by Gasteiger charge is 2.46. The van der Waals surface area contributed by atoms with E-state index in [-0.39, 0.29) is 17.6 Å². The van der Waals surface area contributed by atoms with E-state index in [1.54, 1.807) is 24.3 Å². The Balaban J connectivity index is 1.88. The van der Waals surface area contributed by atoms with Crippen LogP contribution in [0.15, 0.2) is 42.5 Å². The molecule has 4 nitrogen and oxygen atoms in total. The molecule has 0 saturated carbocycles. The van der Waals surface area contributed by atoms with E-state index in [2.05, 4.69) is 26.1 Å². The molecule has 130 valence electrons. The topological polar surface area (TPSA) is 66.4 Å². The van der Waals surface area contributed by atoms with Crippen LogP contribution in [0.3, 0.4) is 0 Å². The number of fused-ring (bicyclic) bond motifs is 1. The molecular weight excluding hydrogens is 314 g/mol. The van der Waals surface area contributed by atoms with E-state index in [4.69, 9.17) is 0 Å². The van der Waals surface area contributed by atoms with Crippen LogP contribution in [0.5, 0.6) is 0 Å². The van der Waals surface area contributed by atoms with Gasteiger partial charge in [0.15, 0.2) is 11.4 Å². The third-order valence-corrected chi connectivity index (χ3v) is 4.73. The lowest BCUT2D eigenvalue weighted by Gasteiger charge is -2.21. The highest BCUT2D eigenvalue weighted by Crippen LogP contribution is 2.39. The summed E-state index contributed by atoms with van der Waals surface area (Å²) in [5, 5.41) is 13.6. The molecule has 1 amide bonds. The second kappa shape index (κ2) is 5.81. The average molecular weight is 337 g/mol. The largest absolute Gasteiger partial charge is 0.375 e. The number of amides is 1. The quantitative estimate of drug-likeness (QED) is 0.839. The van der Waals surface area contributed by atoms with Gasteiger partial charge >= 0.3 is 0 Å². The predicted molar refractivity (Wildman–Crippen MR) is 97.8 cm³/mol. The van der Waals surface area contributed by atoms with E-state index in [0.29, 0.717) is 16.8 Å². The van der Waals surface area contributed by atoms with Gasteiger partial charge in [0.25, 0.3) is 5.91 Å². The fourth-order valence-corrected chi connectivity index (χ4v) is 3.12. The number of carbonyl (C=O) groups is 2. The summed E-state index contributed by atoms with van der Waals surface area (Å²) < 4.78 is 0. The van der Waals surface area contributed by atoms with Crippen LogP contribution in [0.4, 0.5) is 5.69 Å². The monoisotopic (exact) mass is 337 g/mol. The summed E-state index contributed by atoms with van der Waals surface area (Å²) in [6, 6.07) is 12.7. The van der Waals surface area contributed by atoms with Crippen molar-refractivity contribution in [2.75, 3.05) is 5.32 Å². The maximum absolute atomic E-state index is 12.7. The summed E-state index contributed by atoms with van der Waals surface area (Å²) in [7, 11) is 0. The Bertz CT molecular complexity index is 846. The third kappa shape index (κ3) is 3.10. The van der Waals surface area contributed by atoms with Crippen LogP contribution < -0.4 is 5.32 Å². The van der Waals surface area contributed by atoms with Crippen LogP contribution in [-0.4, -0.2) is 16.8 Å². The van der Waals surface area contributed by atoms with Crippen LogP contribution in [0.25, 0.3) is 0 Å². The molecule has 25 heavy (non-hydrogen) atoms. The minimum absolute atomic E-state index is 0.00157. The van der Waals surface area contributed by atoms with Crippen molar-refractivity contribution < 1.29 is 14.7 Å². The van der Waals surface area contributed by atoms with Gasteiger partial charge in [0, 0.05) is 16.8 Å². The Kier molecular flexibility index (Phi) is 4.04. The molecule has 0 bridgehead atoms. The number of rotatable bonds is 3. The van der Waals surface area contributed by atoms with E-state index in [9.17, 15) is 14.7 Å². The number of aliphatic hydroxyl groups is 1. The van der Waals surface area contributed by atoms with Gasteiger partial charge in [-0.25, -0.2) is 0 Å². The number of aryl methyl sites for hydroxylation is 1. The molecule has 3 rings (SSSR count). The summed E-state index contributed by atoms with van der Waals surface area (Å²) >= 11 is 0. The lowest BCUT2D eigenvalue weighted by Crippen LogP contribution is -2.36. The first-order valence-electron chi connectivity index (χ1n) is 8.40. The average Bonchev–Trinajstić information content (AvgIpc) is 2.78. The molecule has 1 unspecified atom stereocenters. The second-order valence-corrected chi connectivity index (χ2v) is 7.79. The summed E-state index contributed by atoms with van der Waals surface area (Å²) in [4.78, 5) is 25.0. The first kappa shape index (κ1) is 17.4. The molecule has 1 heterocycles. The minimum atomic E-state index is -1.82. The van der Waals surface area contributed by atoms with E-state index < -0.39 is 11.5 Å². The van der Waals surface area contributed by atoms with Crippen LogP contribution in [0, 0.1) is 6.92 Å². The van der Waals surface area contributed by atoms with Gasteiger partial charge < -0.3 is 10.4 Å². The fourth-order valence-electron chi connectivity index (χ4n) is 3.12. The zero-order valence-corrected chi connectivity index (χ0v) is 15.0. The molecule has 0 fully saturated rings. The highest BCUT2D eigenvalue weighted by atomic mass is 16.3. The smallest absolute Gasteiger partial charge is 0.261 e. The number of ketones is 1. The van der Waals surface area contributed by atoms with Crippen LogP contribution in [0.1, 0.15) is 54.2 Å². The molecule has 0 aliphatic carbocycles. The number of hydrogen-bond acceptors (Lipinski definition) is 3. The van der Waals surface area contributed by atoms with Crippen molar-refractivity contribution in [2.45, 2.75) is 45.1 Å². The molecule has 0 saturated heterocycles. The predicted octanol–water partition coefficient (Wildman–Crippen LogP) is 3.71. The first-order valence-corrected chi connectivity index (χ1v) is 8.40. The molecular formula is C21H23NO3. The summed E-state index contributed by atoms with van der Waals surface area (Å²) in [5.41, 5.74) is 1.77. The van der Waals surface area contributed by atoms with E-state index in [1.165, 1.54) is 0 Å². The van der Waals surface area contributed by atoms with Crippen LogP contribution in [0.2, 0.25) is 0 Å². The molecule has 1 atom stereocenters. The summed E-state index contributed by atoms with van der Waals surface area (Å²) in [5.74, 6) is -0.805. The van der Waals surface area contributed by atoms with Gasteiger partial charge in [0.1, 0.15) is 0 Å². The maximum atomic E-state index is 12.7. The number of carbonyl (C=O) groups excluding carboxylic acids is 2. The molecule has 0 spiro atoms. The SMILES string of the molecule is Cc1ccc2c(c1)C(O)(CC(=O)c1ccc(C(C)(C)C)cc1)C(=O)N2. The molecule has 2 aromatic carbocycles. The number of anilines is 1. The number of Topliss-reactive ketones (excluding diaryl/α,β-unsaturated/α-hetero) is 1. The van der Waals surface area contributed by atoms with Crippen molar-refractivity contribution in [3.63, 3.8) is 0 Å². The zero-order valence-electron chi connectivity index (χ0n) is 15.0. The van der Waals surface area contributed by atoms with Gasteiger partial charge in [-0.3, -0.25) is 9.59 Å². The van der Waals surface area contributed by atoms with Crippen molar-refractivity contribution in [2.24, 2.45) is 0 Å². The Morgan fingerprint density at radius 2 is 1.76 bits per heavy atom. The Morgan fingerprint density at radius 3 is 2.36 bits per heavy atom. The summed E-state index contributed by atoms with van der Waals surface area (Å²) in [6.07, 6.45) is -0.274. The van der Waals surface area contributed by atoms with Crippen LogP contribution >= 0.6 is 0 Å². The molecule has 4 heteroatoms. The second-order valence-electron chi connectivity index (χ2n) is 7.79. The normalized spacial score (nSPS) is 19.5. The van der Waals surface area contributed by atoms with Crippen LogP contribution in [-0.2, 0) is 15.8 Å². The Labute approximate surface area is 147 Å². The lowest BCUT2D eigenvalue weighted by atomic mass is 9.84. The van der Waals surface area contributed by atoms with Gasteiger partial charge in [0.2, 0.25) is 0 Å². The molecule has 0 aromatic heterocycles. The fraction of sp³-hybridized carbons (Fsp3) is 0.333. The van der Waals surface area contributed by atoms with Crippen molar-refractivity contribution in [3.8, 4) is 0 Å². The summed E-state index contributed by atoms with van der Waals surface area (Å²) in [6.45, 7) is 8.20. The van der Waals surface area contributed by atoms with Gasteiger partial charge in [-0.1, -0.05) is 62.7 Å². The van der Waals surface area contributed by atoms with E-state index >= 15 is 0 Å². The molecule has 2 aromatic rings. The first-order chi connectivity index (χ1) is 11.6. The molecule has 1 aliphatic rings. The Hall–Kier alpha value is -2.46. The third-order valence-electron chi connectivity index (χ3n) is 4.73. The Morgan fingerprint density at radius 1 is 1.12 bits per heavy atom. The van der Waals surface area contributed by atoms with Crippen molar-refractivity contribution in [1.29, 1.82) is 0 Å². The highest BCUT2D eigenvalue weighted by molar-refractivity contribution is 6.09. The van der Waals surface area contributed by atoms with Crippen molar-refractivity contribution >= 4 is 17.4 Å². The van der Waals surface area contributed by atoms with Gasteiger partial charge in [-0.2, -0.15) is 0 Å². The van der Waals surface area contributed by atoms with Gasteiger partial charge in [-0.05, 0) is 24.0 Å². The maximum Gasteiger partial charge on any atom is 0.261 e. The molecule has 0 radical (unpaired) electrons. The van der Waals surface area contributed by atoms with Gasteiger partial charge in [-0.15, -0.1) is 0 Å². The van der Waals surface area contributed by atoms with E-state index in [1.807, 2.05) is 25.1 Å². The number of nitrogens with one attached hydrogen (secondary N) is 1. The molecule has 1 aliphatic heterocycles. The number of hydrogen-bond donors (Lipinski definition) is 2. The van der Waals surface area contributed by atoms with E-state index in [0.717, 1.165) is 11.1 Å². The van der Waals surface area contributed by atoms with Gasteiger partial charge in [0.05, 0.1) is 6.42 Å². The standard InChI is InChI=1S/C21H23NO3/c1-13-5-10-17-16(11-13)21(25,19(24)22-17)12-18(23)14-6-8-15(9-7-14)20(2,3)4/h5-11,25H,12H2,1-4H3,(H,22,24). The minimum Gasteiger partial charge on any atom is -0.375 e. The molecule has 2 N–H and O–H groups in total. The van der Waals surface area contributed by atoms with Crippen molar-refractivity contribution in [1.82, 2.24) is 0 Å². The number of benzene rings is 2.